The molecule has 0 unspecified atom stereocenters. The number of thiocarbonyl (C=S) groups is 1. The van der Waals surface area contributed by atoms with Crippen LogP contribution in [0.5, 0.6) is 0 Å². The first-order valence-electron chi connectivity index (χ1n) is 8.50. The van der Waals surface area contributed by atoms with Gasteiger partial charge in [0.25, 0.3) is 0 Å². The Morgan fingerprint density at radius 1 is 0.792 bits per heavy atom. The summed E-state index contributed by atoms with van der Waals surface area (Å²) in [5, 5.41) is 0. The van der Waals surface area contributed by atoms with Crippen LogP contribution in [0.2, 0.25) is 0 Å². The van der Waals surface area contributed by atoms with Gasteiger partial charge in [0.15, 0.2) is 0 Å². The molecule has 1 aliphatic carbocycles. The second-order valence-corrected chi connectivity index (χ2v) is 9.99. The van der Waals surface area contributed by atoms with E-state index in [0.29, 0.717) is 4.20 Å². The van der Waals surface area contributed by atoms with Crippen LogP contribution >= 0.6 is 12.2 Å². The number of benzene rings is 2. The maximum atomic E-state index is 5.50. The van der Waals surface area contributed by atoms with E-state index in [1.165, 1.54) is 33.4 Å². The van der Waals surface area contributed by atoms with Gasteiger partial charge in [0.05, 0.1) is 0 Å². The topological polar surface area (TPSA) is 0 Å². The molecule has 0 saturated carbocycles. The van der Waals surface area contributed by atoms with Crippen molar-refractivity contribution in [1.82, 2.24) is 0 Å². The highest BCUT2D eigenvalue weighted by molar-refractivity contribution is 8.00. The van der Waals surface area contributed by atoms with Gasteiger partial charge in [-0.2, -0.15) is 0 Å². The van der Waals surface area contributed by atoms with E-state index >= 15 is 0 Å². The van der Waals surface area contributed by atoms with Gasteiger partial charge in [-0.15, -0.1) is 4.20 Å². The van der Waals surface area contributed by atoms with Gasteiger partial charge in [-0.05, 0) is 44.2 Å². The molecule has 2 aromatic carbocycles. The van der Waals surface area contributed by atoms with E-state index in [-0.39, 0.29) is 16.7 Å². The third-order valence-electron chi connectivity index (χ3n) is 4.98. The quantitative estimate of drug-likeness (QED) is 0.438. The Kier molecular flexibility index (Phi) is 4.13. The van der Waals surface area contributed by atoms with Crippen molar-refractivity contribution >= 4 is 29.0 Å². The molecule has 0 nitrogen and oxygen atoms in total. The Morgan fingerprint density at radius 2 is 1.17 bits per heavy atom. The third kappa shape index (κ3) is 2.91. The molecule has 0 radical (unpaired) electrons. The second-order valence-electron chi connectivity index (χ2n) is 8.86. The van der Waals surface area contributed by atoms with E-state index in [0.717, 1.165) is 0 Å². The van der Waals surface area contributed by atoms with E-state index < -0.39 is 0 Å². The van der Waals surface area contributed by atoms with E-state index in [9.17, 15) is 0 Å². The van der Waals surface area contributed by atoms with Gasteiger partial charge in [-0.1, -0.05) is 77.9 Å². The number of rotatable bonds is 1. The minimum absolute atomic E-state index is 0.0598. The molecular weight excluding hydrogens is 328 g/mol. The number of hydrogen-bond donors (Lipinski definition) is 0. The molecule has 2 aromatic rings. The van der Waals surface area contributed by atoms with E-state index in [1.54, 1.807) is 0 Å². The highest BCUT2D eigenvalue weighted by Crippen LogP contribution is 2.47. The maximum Gasteiger partial charge on any atom is 0.0172 e. The third-order valence-corrected chi connectivity index (χ3v) is 5.45. The van der Waals surface area contributed by atoms with Crippen LogP contribution < -0.4 is 0 Å². The monoisotopic (exact) mass is 353 g/mol. The Hall–Kier alpha value is -1.25. The van der Waals surface area contributed by atoms with Crippen molar-refractivity contribution in [2.24, 2.45) is 0 Å². The molecule has 0 bridgehead atoms. The second kappa shape index (κ2) is 5.64. The van der Waals surface area contributed by atoms with Crippen molar-refractivity contribution in [3.63, 3.8) is 0 Å². The van der Waals surface area contributed by atoms with Gasteiger partial charge in [0.1, 0.15) is 0 Å². The van der Waals surface area contributed by atoms with Crippen LogP contribution in [-0.4, -0.2) is 4.20 Å². The van der Waals surface area contributed by atoms with Gasteiger partial charge < -0.3 is 24.8 Å². The summed E-state index contributed by atoms with van der Waals surface area (Å²) in [6.45, 7) is 13.5. The molecule has 0 aromatic heterocycles. The molecule has 0 saturated heterocycles. The first-order chi connectivity index (χ1) is 11.0. The Morgan fingerprint density at radius 3 is 1.46 bits per heavy atom. The highest BCUT2D eigenvalue weighted by atomic mass is 32.1. The van der Waals surface area contributed by atoms with Crippen molar-refractivity contribution in [2.45, 2.75) is 58.3 Å². The van der Waals surface area contributed by atoms with Gasteiger partial charge >= 0.3 is 0 Å². The first kappa shape index (κ1) is 17.6. The van der Waals surface area contributed by atoms with Crippen molar-refractivity contribution in [3.8, 4) is 11.1 Å². The van der Waals surface area contributed by atoms with Crippen LogP contribution in [0.15, 0.2) is 36.4 Å². The number of hydrogen-bond acceptors (Lipinski definition) is 2. The fourth-order valence-corrected chi connectivity index (χ4v) is 3.96. The standard InChI is InChI=1S/C22H26S2/c1-21(2,3)13-7-9-15-16-10-8-14(22(4,5)6)12-18(16)19(20(23)24)17(15)11-13/h7-12,19H,1-6H3,(H,23,24)/p-1. The van der Waals surface area contributed by atoms with E-state index in [4.69, 9.17) is 24.8 Å². The van der Waals surface area contributed by atoms with Crippen molar-refractivity contribution in [3.05, 3.63) is 58.7 Å². The van der Waals surface area contributed by atoms with Gasteiger partial charge in [-0.25, -0.2) is 0 Å². The maximum absolute atomic E-state index is 5.50. The van der Waals surface area contributed by atoms with E-state index in [2.05, 4.69) is 77.9 Å². The lowest BCUT2D eigenvalue weighted by Crippen LogP contribution is -2.14. The molecule has 0 atom stereocenters. The molecule has 126 valence electrons. The zero-order valence-electron chi connectivity index (χ0n) is 15.4. The summed E-state index contributed by atoms with van der Waals surface area (Å²) in [6, 6.07) is 13.6. The SMILES string of the molecule is CC(C)(C)c1ccc2c(c1)C(C(=S)[S-])c1cc(C(C)(C)C)ccc1-2. The summed E-state index contributed by atoms with van der Waals surface area (Å²) in [5.74, 6) is 0.0598. The minimum Gasteiger partial charge on any atom is -0.432 e. The molecule has 0 aliphatic heterocycles. The molecule has 0 amide bonds. The van der Waals surface area contributed by atoms with Crippen molar-refractivity contribution < 1.29 is 0 Å². The Labute approximate surface area is 157 Å². The van der Waals surface area contributed by atoms with Crippen LogP contribution in [0.25, 0.3) is 11.1 Å². The van der Waals surface area contributed by atoms with Crippen molar-refractivity contribution in [2.75, 3.05) is 0 Å². The average Bonchev–Trinajstić information content (AvgIpc) is 2.78. The molecular formula is C22H25S2-. The van der Waals surface area contributed by atoms with E-state index in [1.807, 2.05) is 0 Å². The highest BCUT2D eigenvalue weighted by Gasteiger charge is 2.30. The van der Waals surface area contributed by atoms with Gasteiger partial charge in [0, 0.05) is 5.92 Å². The molecule has 2 heteroatoms. The Bertz CT molecular complexity index is 753. The summed E-state index contributed by atoms with van der Waals surface area (Å²) in [4.78, 5) is 0. The molecule has 3 rings (SSSR count). The van der Waals surface area contributed by atoms with Crippen LogP contribution in [0.3, 0.4) is 0 Å². The lowest BCUT2D eigenvalue weighted by molar-refractivity contribution is 0.589. The summed E-state index contributed by atoms with van der Waals surface area (Å²) in [6.07, 6.45) is 0. The predicted molar refractivity (Wildman–Crippen MR) is 111 cm³/mol. The van der Waals surface area contributed by atoms with Gasteiger partial charge in [0.2, 0.25) is 0 Å². The van der Waals surface area contributed by atoms with Crippen LogP contribution in [-0.2, 0) is 23.5 Å². The lowest BCUT2D eigenvalue weighted by atomic mass is 9.84. The lowest BCUT2D eigenvalue weighted by Gasteiger charge is -2.24. The molecule has 0 spiro atoms. The largest absolute Gasteiger partial charge is 0.432 e. The van der Waals surface area contributed by atoms with Crippen molar-refractivity contribution in [1.29, 1.82) is 0 Å². The normalized spacial score (nSPS) is 14.4. The molecule has 1 aliphatic rings. The predicted octanol–water partition coefficient (Wildman–Crippen LogP) is 6.27. The fraction of sp³-hybridized carbons (Fsp3) is 0.409. The van der Waals surface area contributed by atoms with Crippen LogP contribution in [0.4, 0.5) is 0 Å². The zero-order chi connectivity index (χ0) is 17.9. The summed E-state index contributed by atoms with van der Waals surface area (Å²) >= 11 is 11.0. The zero-order valence-corrected chi connectivity index (χ0v) is 17.0. The number of fused-ring (bicyclic) bond motifs is 3. The van der Waals surface area contributed by atoms with Crippen LogP contribution in [0.1, 0.15) is 69.7 Å². The molecule has 0 fully saturated rings. The average molecular weight is 354 g/mol. The molecule has 0 heterocycles. The summed E-state index contributed by atoms with van der Waals surface area (Å²) in [7, 11) is 0. The minimum atomic E-state index is 0.0598. The van der Waals surface area contributed by atoms with Gasteiger partial charge in [-0.3, -0.25) is 0 Å². The molecule has 24 heavy (non-hydrogen) atoms. The first-order valence-corrected chi connectivity index (χ1v) is 9.32. The Balaban J connectivity index is 2.23. The molecule has 0 N–H and O–H groups in total. The summed E-state index contributed by atoms with van der Waals surface area (Å²) < 4.78 is 0.645. The summed E-state index contributed by atoms with van der Waals surface area (Å²) in [5.41, 5.74) is 8.04. The van der Waals surface area contributed by atoms with Crippen LogP contribution in [0, 0.1) is 0 Å². The fourth-order valence-electron chi connectivity index (χ4n) is 3.45. The smallest absolute Gasteiger partial charge is 0.0172 e.